The first-order valence-electron chi connectivity index (χ1n) is 6.33. The Labute approximate surface area is 104 Å². The van der Waals surface area contributed by atoms with Crippen LogP contribution in [-0.4, -0.2) is 16.6 Å². The van der Waals surface area contributed by atoms with Gasteiger partial charge < -0.3 is 10.5 Å². The fourth-order valence-corrected chi connectivity index (χ4v) is 1.78. The van der Waals surface area contributed by atoms with Gasteiger partial charge in [0.15, 0.2) is 5.82 Å². The van der Waals surface area contributed by atoms with Crippen LogP contribution in [0.5, 0.6) is 0 Å². The van der Waals surface area contributed by atoms with Crippen molar-refractivity contribution in [1.29, 1.82) is 0 Å². The van der Waals surface area contributed by atoms with Crippen LogP contribution in [0.25, 0.3) is 0 Å². The number of nitrogens with two attached hydrogens (primary N) is 1. The Morgan fingerprint density at radius 1 is 1.29 bits per heavy atom. The molecule has 1 rings (SSSR count). The highest BCUT2D eigenvalue weighted by Gasteiger charge is 2.28. The number of ether oxygens (including phenoxy) is 1. The number of rotatable bonds is 6. The van der Waals surface area contributed by atoms with Crippen LogP contribution in [0.1, 0.15) is 52.1 Å². The molecule has 0 aliphatic carbocycles. The molecule has 0 fully saturated rings. The van der Waals surface area contributed by atoms with Crippen molar-refractivity contribution in [1.82, 2.24) is 9.97 Å². The Kier molecular flexibility index (Phi) is 4.87. The molecule has 1 aromatic rings. The van der Waals surface area contributed by atoms with E-state index in [2.05, 4.69) is 23.8 Å². The average Bonchev–Trinajstić information content (AvgIpc) is 2.29. The molecule has 0 radical (unpaired) electrons. The zero-order valence-electron chi connectivity index (χ0n) is 11.3. The minimum Gasteiger partial charge on any atom is -0.384 e. The maximum atomic E-state index is 5.83. The summed E-state index contributed by atoms with van der Waals surface area (Å²) in [5.41, 5.74) is 6.39. The number of hydrogen-bond acceptors (Lipinski definition) is 4. The molecule has 1 heterocycles. The molecule has 0 saturated heterocycles. The third kappa shape index (κ3) is 3.40. The van der Waals surface area contributed by atoms with Crippen LogP contribution in [0.15, 0.2) is 6.07 Å². The fraction of sp³-hybridized carbons (Fsp3) is 0.692. The van der Waals surface area contributed by atoms with Crippen molar-refractivity contribution in [3.05, 3.63) is 17.6 Å². The van der Waals surface area contributed by atoms with E-state index in [0.717, 1.165) is 25.0 Å². The van der Waals surface area contributed by atoms with Crippen LogP contribution in [0.4, 0.5) is 5.82 Å². The molecule has 0 bridgehead atoms. The second-order valence-corrected chi connectivity index (χ2v) is 4.38. The monoisotopic (exact) mass is 237 g/mol. The summed E-state index contributed by atoms with van der Waals surface area (Å²) < 4.78 is 5.77. The van der Waals surface area contributed by atoms with Crippen molar-refractivity contribution < 1.29 is 4.74 Å². The molecule has 0 spiro atoms. The summed E-state index contributed by atoms with van der Waals surface area (Å²) in [5.74, 6) is 1.23. The van der Waals surface area contributed by atoms with Crippen LogP contribution >= 0.6 is 0 Å². The van der Waals surface area contributed by atoms with E-state index in [1.165, 1.54) is 0 Å². The van der Waals surface area contributed by atoms with E-state index >= 15 is 0 Å². The molecular formula is C13H23N3O. The van der Waals surface area contributed by atoms with Crippen LogP contribution in [0.2, 0.25) is 0 Å². The second-order valence-electron chi connectivity index (χ2n) is 4.38. The van der Waals surface area contributed by atoms with Gasteiger partial charge in [-0.05, 0) is 26.7 Å². The summed E-state index contributed by atoms with van der Waals surface area (Å²) in [6.07, 6.45) is 2.80. The molecular weight excluding hydrogens is 214 g/mol. The Hall–Kier alpha value is -1.16. The van der Waals surface area contributed by atoms with Crippen molar-refractivity contribution in [2.75, 3.05) is 12.3 Å². The van der Waals surface area contributed by atoms with Crippen molar-refractivity contribution in [3.8, 4) is 0 Å². The summed E-state index contributed by atoms with van der Waals surface area (Å²) in [6.45, 7) is 8.83. The summed E-state index contributed by atoms with van der Waals surface area (Å²) in [4.78, 5) is 8.89. The van der Waals surface area contributed by atoms with Gasteiger partial charge in [-0.2, -0.15) is 0 Å². The highest BCUT2D eigenvalue weighted by molar-refractivity contribution is 5.31. The molecule has 0 aliphatic heterocycles. The van der Waals surface area contributed by atoms with E-state index in [1.54, 1.807) is 0 Å². The minimum atomic E-state index is -0.438. The maximum absolute atomic E-state index is 5.83. The van der Waals surface area contributed by atoms with Gasteiger partial charge in [-0.15, -0.1) is 0 Å². The topological polar surface area (TPSA) is 61.0 Å². The second kappa shape index (κ2) is 5.96. The largest absolute Gasteiger partial charge is 0.384 e. The first-order valence-corrected chi connectivity index (χ1v) is 6.33. The molecule has 17 heavy (non-hydrogen) atoms. The Morgan fingerprint density at radius 2 is 2.00 bits per heavy atom. The molecule has 0 saturated carbocycles. The SMILES string of the molecule is CCCc1cc(N)nc(C(C)(CC)OCC)n1. The molecule has 1 atom stereocenters. The minimum absolute atomic E-state index is 0.438. The smallest absolute Gasteiger partial charge is 0.162 e. The predicted octanol–water partition coefficient (Wildman–Crippen LogP) is 2.67. The fourth-order valence-electron chi connectivity index (χ4n) is 1.78. The third-order valence-corrected chi connectivity index (χ3v) is 2.92. The molecule has 4 heteroatoms. The van der Waals surface area contributed by atoms with Crippen molar-refractivity contribution in [2.45, 2.75) is 52.6 Å². The number of hydrogen-bond donors (Lipinski definition) is 1. The average molecular weight is 237 g/mol. The van der Waals surface area contributed by atoms with Gasteiger partial charge in [0.05, 0.1) is 0 Å². The number of aromatic nitrogens is 2. The van der Waals surface area contributed by atoms with Gasteiger partial charge in [0.2, 0.25) is 0 Å². The van der Waals surface area contributed by atoms with Crippen LogP contribution in [-0.2, 0) is 16.8 Å². The molecule has 4 nitrogen and oxygen atoms in total. The summed E-state index contributed by atoms with van der Waals surface area (Å²) in [6, 6.07) is 1.84. The Bertz CT molecular complexity index is 368. The van der Waals surface area contributed by atoms with Crippen molar-refractivity contribution in [2.24, 2.45) is 0 Å². The number of aryl methyl sites for hydroxylation is 1. The molecule has 1 aromatic heterocycles. The lowest BCUT2D eigenvalue weighted by molar-refractivity contribution is -0.0390. The van der Waals surface area contributed by atoms with Gasteiger partial charge in [-0.25, -0.2) is 9.97 Å². The van der Waals surface area contributed by atoms with E-state index in [9.17, 15) is 0 Å². The quantitative estimate of drug-likeness (QED) is 0.826. The van der Waals surface area contributed by atoms with E-state index < -0.39 is 5.60 Å². The summed E-state index contributed by atoms with van der Waals surface area (Å²) in [5, 5.41) is 0. The van der Waals surface area contributed by atoms with Gasteiger partial charge >= 0.3 is 0 Å². The number of nitrogen functional groups attached to an aromatic ring is 1. The predicted molar refractivity (Wildman–Crippen MR) is 69.7 cm³/mol. The maximum Gasteiger partial charge on any atom is 0.162 e. The first-order chi connectivity index (χ1) is 8.05. The van der Waals surface area contributed by atoms with Gasteiger partial charge in [-0.3, -0.25) is 0 Å². The van der Waals surface area contributed by atoms with Crippen molar-refractivity contribution in [3.63, 3.8) is 0 Å². The van der Waals surface area contributed by atoms with E-state index in [1.807, 2.05) is 19.9 Å². The van der Waals surface area contributed by atoms with Crippen LogP contribution < -0.4 is 5.73 Å². The molecule has 0 aliphatic rings. The molecule has 1 unspecified atom stereocenters. The van der Waals surface area contributed by atoms with E-state index in [-0.39, 0.29) is 0 Å². The lowest BCUT2D eigenvalue weighted by Crippen LogP contribution is -2.28. The molecule has 0 aromatic carbocycles. The highest BCUT2D eigenvalue weighted by atomic mass is 16.5. The Balaban J connectivity index is 3.10. The third-order valence-electron chi connectivity index (χ3n) is 2.92. The summed E-state index contributed by atoms with van der Waals surface area (Å²) >= 11 is 0. The van der Waals surface area contributed by atoms with Gasteiger partial charge in [0.1, 0.15) is 11.4 Å². The normalized spacial score (nSPS) is 14.6. The van der Waals surface area contributed by atoms with Gasteiger partial charge in [0, 0.05) is 18.4 Å². The standard InChI is InChI=1S/C13H23N3O/c1-5-8-10-9-11(14)16-12(15-10)13(4,6-2)17-7-3/h9H,5-8H2,1-4H3,(H2,14,15,16). The molecule has 2 N–H and O–H groups in total. The zero-order chi connectivity index (χ0) is 12.9. The van der Waals surface area contributed by atoms with E-state index in [4.69, 9.17) is 10.5 Å². The van der Waals surface area contributed by atoms with Gasteiger partial charge in [0.25, 0.3) is 0 Å². The van der Waals surface area contributed by atoms with Crippen LogP contribution in [0.3, 0.4) is 0 Å². The molecule has 96 valence electrons. The number of nitrogens with zero attached hydrogens (tertiary/aromatic N) is 2. The first kappa shape index (κ1) is 13.9. The summed E-state index contributed by atoms with van der Waals surface area (Å²) in [7, 11) is 0. The van der Waals surface area contributed by atoms with Gasteiger partial charge in [-0.1, -0.05) is 20.3 Å². The zero-order valence-corrected chi connectivity index (χ0v) is 11.3. The van der Waals surface area contributed by atoms with Crippen LogP contribution in [0, 0.1) is 0 Å². The Morgan fingerprint density at radius 3 is 2.53 bits per heavy atom. The number of anilines is 1. The molecule has 0 amide bonds. The lowest BCUT2D eigenvalue weighted by Gasteiger charge is -2.27. The lowest BCUT2D eigenvalue weighted by atomic mass is 10.0. The highest BCUT2D eigenvalue weighted by Crippen LogP contribution is 2.26. The van der Waals surface area contributed by atoms with E-state index in [0.29, 0.717) is 18.2 Å². The van der Waals surface area contributed by atoms with Crippen molar-refractivity contribution >= 4 is 5.82 Å².